The summed E-state index contributed by atoms with van der Waals surface area (Å²) in [4.78, 5) is 0. The molecule has 1 aliphatic rings. The zero-order chi connectivity index (χ0) is 13.1. The minimum absolute atomic E-state index is 0.753. The minimum atomic E-state index is 0.753. The monoisotopic (exact) mass is 255 g/mol. The summed E-state index contributed by atoms with van der Waals surface area (Å²) in [5.41, 5.74) is 0. The van der Waals surface area contributed by atoms with E-state index < -0.39 is 0 Å². The molecule has 0 aromatic heterocycles. The molecule has 1 atom stereocenters. The first-order valence-electron chi connectivity index (χ1n) is 8.18. The second-order valence-electron chi connectivity index (χ2n) is 5.83. The van der Waals surface area contributed by atoms with E-state index in [1.807, 2.05) is 0 Å². The van der Waals surface area contributed by atoms with Crippen molar-refractivity contribution in [1.82, 2.24) is 5.32 Å². The molecule has 0 aromatic carbocycles. The first-order valence-corrected chi connectivity index (χ1v) is 8.18. The number of hydrogen-bond acceptors (Lipinski definition) is 2. The molecule has 0 amide bonds. The Labute approximate surface area is 114 Å². The normalized spacial score (nSPS) is 19.8. The smallest absolute Gasteiger partial charge is 0.0507 e. The summed E-state index contributed by atoms with van der Waals surface area (Å²) in [6.45, 7) is 7.69. The Bertz CT molecular complexity index is 168. The van der Waals surface area contributed by atoms with Crippen molar-refractivity contribution in [1.29, 1.82) is 0 Å². The molecule has 1 saturated heterocycles. The van der Waals surface area contributed by atoms with Crippen LogP contribution in [-0.2, 0) is 4.74 Å². The first-order chi connectivity index (χ1) is 8.86. The Morgan fingerprint density at radius 1 is 1.06 bits per heavy atom. The van der Waals surface area contributed by atoms with Gasteiger partial charge >= 0.3 is 0 Å². The topological polar surface area (TPSA) is 21.3 Å². The molecule has 1 heterocycles. The molecule has 0 spiro atoms. The van der Waals surface area contributed by atoms with Gasteiger partial charge in [-0.15, -0.1) is 0 Å². The molecule has 2 heteroatoms. The molecule has 18 heavy (non-hydrogen) atoms. The van der Waals surface area contributed by atoms with Crippen LogP contribution in [-0.4, -0.2) is 25.8 Å². The molecular formula is C16H33NO. The lowest BCUT2D eigenvalue weighted by Gasteiger charge is -2.20. The second-order valence-corrected chi connectivity index (χ2v) is 5.83. The lowest BCUT2D eigenvalue weighted by molar-refractivity contribution is 0.184. The van der Waals surface area contributed by atoms with E-state index in [1.165, 1.54) is 64.3 Å². The third-order valence-corrected chi connectivity index (χ3v) is 4.03. The molecule has 1 N–H and O–H groups in total. The van der Waals surface area contributed by atoms with Crippen molar-refractivity contribution in [2.45, 2.75) is 77.7 Å². The van der Waals surface area contributed by atoms with Gasteiger partial charge in [-0.05, 0) is 25.2 Å². The molecule has 0 radical (unpaired) electrons. The average Bonchev–Trinajstić information content (AvgIpc) is 2.89. The van der Waals surface area contributed by atoms with E-state index in [1.54, 1.807) is 0 Å². The van der Waals surface area contributed by atoms with Gasteiger partial charge in [0.05, 0.1) is 6.61 Å². The Kier molecular flexibility index (Phi) is 9.59. The van der Waals surface area contributed by atoms with Crippen LogP contribution in [0.5, 0.6) is 0 Å². The molecule has 0 aliphatic carbocycles. The zero-order valence-electron chi connectivity index (χ0n) is 12.5. The van der Waals surface area contributed by atoms with Gasteiger partial charge in [0, 0.05) is 19.2 Å². The molecule has 1 aliphatic heterocycles. The summed E-state index contributed by atoms with van der Waals surface area (Å²) in [5, 5.41) is 3.80. The van der Waals surface area contributed by atoms with E-state index >= 15 is 0 Å². The highest BCUT2D eigenvalue weighted by molar-refractivity contribution is 4.72. The Balaban J connectivity index is 2.14. The molecule has 1 rings (SSSR count). The third kappa shape index (κ3) is 7.38. The molecule has 108 valence electrons. The third-order valence-electron chi connectivity index (χ3n) is 4.03. The van der Waals surface area contributed by atoms with Crippen LogP contribution in [0.2, 0.25) is 0 Å². The van der Waals surface area contributed by atoms with Crippen LogP contribution >= 0.6 is 0 Å². The van der Waals surface area contributed by atoms with E-state index in [0.717, 1.165) is 25.2 Å². The zero-order valence-corrected chi connectivity index (χ0v) is 12.5. The number of nitrogens with one attached hydrogen (secondary N) is 1. The lowest BCUT2D eigenvalue weighted by Crippen LogP contribution is -2.33. The fraction of sp³-hybridized carbons (Fsp3) is 1.00. The highest BCUT2D eigenvalue weighted by Crippen LogP contribution is 2.14. The second kappa shape index (κ2) is 10.8. The van der Waals surface area contributed by atoms with E-state index in [2.05, 4.69) is 19.2 Å². The maximum absolute atomic E-state index is 5.45. The van der Waals surface area contributed by atoms with Gasteiger partial charge in [0.15, 0.2) is 0 Å². The predicted octanol–water partition coefficient (Wildman–Crippen LogP) is 4.14. The van der Waals surface area contributed by atoms with Gasteiger partial charge in [0.25, 0.3) is 0 Å². The van der Waals surface area contributed by atoms with Crippen molar-refractivity contribution in [3.05, 3.63) is 0 Å². The quantitative estimate of drug-likeness (QED) is 0.560. The van der Waals surface area contributed by atoms with Crippen LogP contribution in [0.1, 0.15) is 71.6 Å². The van der Waals surface area contributed by atoms with Gasteiger partial charge < -0.3 is 10.1 Å². The summed E-state index contributed by atoms with van der Waals surface area (Å²) in [7, 11) is 0. The maximum Gasteiger partial charge on any atom is 0.0507 e. The molecular weight excluding hydrogens is 222 g/mol. The van der Waals surface area contributed by atoms with Crippen LogP contribution in [0, 0.1) is 5.92 Å². The van der Waals surface area contributed by atoms with Crippen LogP contribution in [0.25, 0.3) is 0 Å². The van der Waals surface area contributed by atoms with Gasteiger partial charge in [-0.25, -0.2) is 0 Å². The predicted molar refractivity (Wildman–Crippen MR) is 79.0 cm³/mol. The van der Waals surface area contributed by atoms with Crippen LogP contribution in [0.4, 0.5) is 0 Å². The van der Waals surface area contributed by atoms with Gasteiger partial charge in [0.1, 0.15) is 0 Å². The summed E-state index contributed by atoms with van der Waals surface area (Å²) in [5.74, 6) is 0.768. The highest BCUT2D eigenvalue weighted by atomic mass is 16.5. The van der Waals surface area contributed by atoms with Crippen LogP contribution in [0.3, 0.4) is 0 Å². The summed E-state index contributed by atoms with van der Waals surface area (Å²) in [6.07, 6.45) is 12.2. The largest absolute Gasteiger partial charge is 0.381 e. The van der Waals surface area contributed by atoms with E-state index in [9.17, 15) is 0 Å². The van der Waals surface area contributed by atoms with Crippen molar-refractivity contribution in [2.75, 3.05) is 19.8 Å². The van der Waals surface area contributed by atoms with Crippen molar-refractivity contribution in [3.8, 4) is 0 Å². The molecule has 2 nitrogen and oxygen atoms in total. The van der Waals surface area contributed by atoms with Gasteiger partial charge in [0.2, 0.25) is 0 Å². The lowest BCUT2D eigenvalue weighted by atomic mass is 10.0. The van der Waals surface area contributed by atoms with Crippen LogP contribution < -0.4 is 5.32 Å². The van der Waals surface area contributed by atoms with Crippen molar-refractivity contribution >= 4 is 0 Å². The first kappa shape index (κ1) is 16.0. The molecule has 1 unspecified atom stereocenters. The number of ether oxygens (including phenoxy) is 1. The van der Waals surface area contributed by atoms with Crippen LogP contribution in [0.15, 0.2) is 0 Å². The SMILES string of the molecule is CCCCCC(CCCCC)NCC1CCOC1. The fourth-order valence-corrected chi connectivity index (χ4v) is 2.71. The van der Waals surface area contributed by atoms with Gasteiger partial charge in [-0.3, -0.25) is 0 Å². The van der Waals surface area contributed by atoms with Crippen molar-refractivity contribution < 1.29 is 4.74 Å². The fourth-order valence-electron chi connectivity index (χ4n) is 2.71. The molecule has 0 saturated carbocycles. The number of unbranched alkanes of at least 4 members (excludes halogenated alkanes) is 4. The van der Waals surface area contributed by atoms with Gasteiger partial charge in [-0.1, -0.05) is 52.4 Å². The summed E-state index contributed by atoms with van der Waals surface area (Å²) in [6, 6.07) is 0.753. The highest BCUT2D eigenvalue weighted by Gasteiger charge is 2.17. The number of rotatable bonds is 11. The van der Waals surface area contributed by atoms with E-state index in [-0.39, 0.29) is 0 Å². The van der Waals surface area contributed by atoms with Gasteiger partial charge in [-0.2, -0.15) is 0 Å². The molecule has 1 fully saturated rings. The molecule has 0 bridgehead atoms. The average molecular weight is 255 g/mol. The van der Waals surface area contributed by atoms with Crippen molar-refractivity contribution in [2.24, 2.45) is 5.92 Å². The van der Waals surface area contributed by atoms with E-state index in [0.29, 0.717) is 0 Å². The Hall–Kier alpha value is -0.0800. The Morgan fingerprint density at radius 3 is 2.22 bits per heavy atom. The Morgan fingerprint density at radius 2 is 1.72 bits per heavy atom. The maximum atomic E-state index is 5.45. The summed E-state index contributed by atoms with van der Waals surface area (Å²) < 4.78 is 5.45. The van der Waals surface area contributed by atoms with Crippen molar-refractivity contribution in [3.63, 3.8) is 0 Å². The molecule has 0 aromatic rings. The van der Waals surface area contributed by atoms with E-state index in [4.69, 9.17) is 4.74 Å². The number of hydrogen-bond donors (Lipinski definition) is 1. The minimum Gasteiger partial charge on any atom is -0.381 e. The standard InChI is InChI=1S/C16H33NO/c1-3-5-7-9-16(10-8-6-4-2)17-13-15-11-12-18-14-15/h15-17H,3-14H2,1-2H3. The summed E-state index contributed by atoms with van der Waals surface area (Å²) >= 11 is 0.